The number of aryl methyl sites for hydroxylation is 1. The number of urea groups is 1. The minimum Gasteiger partial charge on any atom is -0.371 e. The number of benzene rings is 2. The molecule has 0 unspecified atom stereocenters. The highest BCUT2D eigenvalue weighted by Gasteiger charge is 2.26. The summed E-state index contributed by atoms with van der Waals surface area (Å²) < 4.78 is 0. The molecule has 0 atom stereocenters. The number of nitrogens with zero attached hydrogens (tertiary/aromatic N) is 2. The van der Waals surface area contributed by atoms with Crippen molar-refractivity contribution in [3.8, 4) is 0 Å². The van der Waals surface area contributed by atoms with Gasteiger partial charge in [0.25, 0.3) is 5.91 Å². The maximum atomic E-state index is 13.4. The van der Waals surface area contributed by atoms with Gasteiger partial charge in [-0.3, -0.25) is 4.79 Å². The smallest absolute Gasteiger partial charge is 0.323 e. The summed E-state index contributed by atoms with van der Waals surface area (Å²) in [7, 11) is 0. The molecule has 2 aliphatic heterocycles. The fraction of sp³-hybridized carbons (Fsp3) is 0.462. The first-order valence-electron chi connectivity index (χ1n) is 11.7. The third kappa shape index (κ3) is 4.90. The molecule has 0 bridgehead atoms. The Morgan fingerprint density at radius 1 is 0.938 bits per heavy atom. The van der Waals surface area contributed by atoms with E-state index in [2.05, 4.69) is 22.5 Å². The van der Waals surface area contributed by atoms with E-state index in [0.717, 1.165) is 80.3 Å². The zero-order valence-electron chi connectivity index (χ0n) is 19.4. The molecule has 2 aromatic rings. The summed E-state index contributed by atoms with van der Waals surface area (Å²) in [5.41, 5.74) is 5.25. The predicted octanol–water partition coefficient (Wildman–Crippen LogP) is 5.42. The highest BCUT2D eigenvalue weighted by Crippen LogP contribution is 2.30. The highest BCUT2D eigenvalue weighted by atomic mass is 16.2. The number of amides is 3. The van der Waals surface area contributed by atoms with Gasteiger partial charge in [-0.1, -0.05) is 19.1 Å². The molecule has 2 fully saturated rings. The number of hydrogen-bond donors (Lipinski definition) is 2. The summed E-state index contributed by atoms with van der Waals surface area (Å²) in [6.45, 7) is 9.83. The van der Waals surface area contributed by atoms with Crippen molar-refractivity contribution in [2.24, 2.45) is 5.92 Å². The van der Waals surface area contributed by atoms with Crippen LogP contribution >= 0.6 is 0 Å². The minimum absolute atomic E-state index is 0.0645. The third-order valence-electron chi connectivity index (χ3n) is 6.86. The van der Waals surface area contributed by atoms with Gasteiger partial charge < -0.3 is 20.4 Å². The lowest BCUT2D eigenvalue weighted by Crippen LogP contribution is -2.35. The predicted molar refractivity (Wildman–Crippen MR) is 131 cm³/mol. The number of piperidine rings is 1. The van der Waals surface area contributed by atoms with E-state index in [0.29, 0.717) is 11.3 Å². The number of carbonyl (C=O) groups is 2. The Labute approximate surface area is 191 Å². The van der Waals surface area contributed by atoms with Gasteiger partial charge in [-0.25, -0.2) is 4.79 Å². The molecule has 2 N–H and O–H groups in total. The van der Waals surface area contributed by atoms with Gasteiger partial charge in [0.2, 0.25) is 0 Å². The van der Waals surface area contributed by atoms with E-state index in [1.54, 1.807) is 0 Å². The molecule has 4 rings (SSSR count). The molecule has 2 aliphatic rings. The van der Waals surface area contributed by atoms with Crippen LogP contribution in [0.3, 0.4) is 0 Å². The van der Waals surface area contributed by atoms with Crippen LogP contribution in [0.1, 0.15) is 54.1 Å². The van der Waals surface area contributed by atoms with E-state index in [-0.39, 0.29) is 11.9 Å². The van der Waals surface area contributed by atoms with Crippen molar-refractivity contribution in [1.82, 2.24) is 4.90 Å². The maximum absolute atomic E-state index is 13.4. The first-order chi connectivity index (χ1) is 15.4. The quantitative estimate of drug-likeness (QED) is 0.675. The van der Waals surface area contributed by atoms with Crippen molar-refractivity contribution in [1.29, 1.82) is 0 Å². The fourth-order valence-electron chi connectivity index (χ4n) is 4.57. The lowest BCUT2D eigenvalue weighted by atomic mass is 9.97. The first-order valence-corrected chi connectivity index (χ1v) is 11.7. The Bertz CT molecular complexity index is 989. The number of rotatable bonds is 4. The molecule has 0 aliphatic carbocycles. The molecule has 2 heterocycles. The molecule has 0 aromatic heterocycles. The van der Waals surface area contributed by atoms with Crippen LogP contribution in [0.5, 0.6) is 0 Å². The van der Waals surface area contributed by atoms with Crippen LogP contribution in [0.15, 0.2) is 36.4 Å². The molecule has 3 amide bonds. The lowest BCUT2D eigenvalue weighted by molar-refractivity contribution is 0.0793. The molecule has 0 radical (unpaired) electrons. The van der Waals surface area contributed by atoms with Crippen LogP contribution in [0, 0.1) is 19.8 Å². The summed E-state index contributed by atoms with van der Waals surface area (Å²) in [4.78, 5) is 30.3. The topological polar surface area (TPSA) is 64.7 Å². The standard InChI is InChI=1S/C26H34N4O2/c1-18-11-15-29(16-12-18)24-10-9-21(17-22(24)25(31)30-13-4-5-14-30)27-26(32)28-23-8-6-7-19(2)20(23)3/h6-10,17-18H,4-5,11-16H2,1-3H3,(H2,27,28,32). The van der Waals surface area contributed by atoms with Gasteiger partial charge in [0.1, 0.15) is 0 Å². The molecule has 0 spiro atoms. The van der Waals surface area contributed by atoms with Crippen molar-refractivity contribution in [3.63, 3.8) is 0 Å². The van der Waals surface area contributed by atoms with E-state index in [9.17, 15) is 9.59 Å². The van der Waals surface area contributed by atoms with Crippen molar-refractivity contribution in [2.45, 2.75) is 46.5 Å². The summed E-state index contributed by atoms with van der Waals surface area (Å²) in [5.74, 6) is 0.786. The number of anilines is 3. The molecule has 2 aromatic carbocycles. The zero-order valence-corrected chi connectivity index (χ0v) is 19.4. The van der Waals surface area contributed by atoms with Crippen molar-refractivity contribution >= 4 is 29.0 Å². The van der Waals surface area contributed by atoms with Crippen molar-refractivity contribution < 1.29 is 9.59 Å². The average molecular weight is 435 g/mol. The monoisotopic (exact) mass is 434 g/mol. The lowest BCUT2D eigenvalue weighted by Gasteiger charge is -2.34. The van der Waals surface area contributed by atoms with Crippen LogP contribution in [-0.2, 0) is 0 Å². The van der Waals surface area contributed by atoms with Crippen LogP contribution in [0.2, 0.25) is 0 Å². The van der Waals surface area contributed by atoms with Gasteiger partial charge in [-0.15, -0.1) is 0 Å². The normalized spacial score (nSPS) is 16.8. The van der Waals surface area contributed by atoms with Gasteiger partial charge in [0.15, 0.2) is 0 Å². The second-order valence-electron chi connectivity index (χ2n) is 9.23. The summed E-state index contributed by atoms with van der Waals surface area (Å²) in [6, 6.07) is 11.3. The maximum Gasteiger partial charge on any atom is 0.323 e. The average Bonchev–Trinajstić information content (AvgIpc) is 3.32. The molecule has 2 saturated heterocycles. The van der Waals surface area contributed by atoms with Crippen molar-refractivity contribution in [2.75, 3.05) is 41.7 Å². The van der Waals surface area contributed by atoms with Crippen LogP contribution in [-0.4, -0.2) is 43.0 Å². The SMILES string of the molecule is Cc1cccc(NC(=O)Nc2ccc(N3CCC(C)CC3)c(C(=O)N3CCCC3)c2)c1C. The number of nitrogens with one attached hydrogen (secondary N) is 2. The van der Waals surface area contributed by atoms with Gasteiger partial charge in [0, 0.05) is 43.2 Å². The summed E-state index contributed by atoms with van der Waals surface area (Å²) >= 11 is 0. The second-order valence-corrected chi connectivity index (χ2v) is 9.23. The Kier molecular flexibility index (Phi) is 6.68. The van der Waals surface area contributed by atoms with Crippen LogP contribution in [0.25, 0.3) is 0 Å². The molecule has 6 heteroatoms. The Balaban J connectivity index is 1.56. The van der Waals surface area contributed by atoms with E-state index in [1.807, 2.05) is 55.1 Å². The van der Waals surface area contributed by atoms with Gasteiger partial charge >= 0.3 is 6.03 Å². The fourth-order valence-corrected chi connectivity index (χ4v) is 4.57. The molecule has 0 saturated carbocycles. The van der Waals surface area contributed by atoms with Crippen LogP contribution in [0.4, 0.5) is 21.9 Å². The Hall–Kier alpha value is -3.02. The number of likely N-dealkylation sites (tertiary alicyclic amines) is 1. The van der Waals surface area contributed by atoms with E-state index in [1.165, 1.54) is 0 Å². The van der Waals surface area contributed by atoms with E-state index >= 15 is 0 Å². The minimum atomic E-state index is -0.308. The largest absolute Gasteiger partial charge is 0.371 e. The number of carbonyl (C=O) groups excluding carboxylic acids is 2. The van der Waals surface area contributed by atoms with E-state index < -0.39 is 0 Å². The molecule has 6 nitrogen and oxygen atoms in total. The number of hydrogen-bond acceptors (Lipinski definition) is 3. The Morgan fingerprint density at radius 2 is 1.66 bits per heavy atom. The second kappa shape index (κ2) is 9.63. The van der Waals surface area contributed by atoms with Gasteiger partial charge in [-0.2, -0.15) is 0 Å². The molecule has 32 heavy (non-hydrogen) atoms. The molecular formula is C26H34N4O2. The summed E-state index contributed by atoms with van der Waals surface area (Å²) in [6.07, 6.45) is 4.38. The van der Waals surface area contributed by atoms with E-state index in [4.69, 9.17) is 0 Å². The highest BCUT2D eigenvalue weighted by molar-refractivity contribution is 6.04. The summed E-state index contributed by atoms with van der Waals surface area (Å²) in [5, 5.41) is 5.85. The van der Waals surface area contributed by atoms with Gasteiger partial charge in [-0.05, 0) is 80.8 Å². The van der Waals surface area contributed by atoms with Crippen molar-refractivity contribution in [3.05, 3.63) is 53.1 Å². The first kappa shape index (κ1) is 22.2. The molecular weight excluding hydrogens is 400 g/mol. The van der Waals surface area contributed by atoms with Crippen LogP contribution < -0.4 is 15.5 Å². The third-order valence-corrected chi connectivity index (χ3v) is 6.86. The molecule has 170 valence electrons. The van der Waals surface area contributed by atoms with Gasteiger partial charge in [0.05, 0.1) is 5.56 Å². The Morgan fingerprint density at radius 3 is 2.38 bits per heavy atom. The zero-order chi connectivity index (χ0) is 22.7.